The molecule has 1 heterocycles. The molecule has 1 N–H and O–H groups in total. The van der Waals surface area contributed by atoms with Gasteiger partial charge < -0.3 is 9.80 Å². The molecule has 1 aliphatic heterocycles. The number of nitro benzene ring substituents is 1. The molecule has 0 aliphatic carbocycles. The lowest BCUT2D eigenvalue weighted by molar-refractivity contribution is -0.384. The summed E-state index contributed by atoms with van der Waals surface area (Å²) in [4.78, 5) is 37.6. The third-order valence-electron chi connectivity index (χ3n) is 4.80. The van der Waals surface area contributed by atoms with Crippen molar-refractivity contribution >= 4 is 23.7 Å². The molecule has 1 atom stereocenters. The van der Waals surface area contributed by atoms with Gasteiger partial charge in [-0.1, -0.05) is 19.8 Å². The van der Waals surface area contributed by atoms with E-state index in [4.69, 9.17) is 0 Å². The molecule has 9 heteroatoms. The summed E-state index contributed by atoms with van der Waals surface area (Å²) in [5, 5.41) is 20.7. The number of benzene rings is 1. The van der Waals surface area contributed by atoms with Crippen LogP contribution in [-0.4, -0.2) is 65.1 Å². The Morgan fingerprint density at radius 3 is 2.44 bits per heavy atom. The second-order valence-corrected chi connectivity index (χ2v) is 6.65. The summed E-state index contributed by atoms with van der Waals surface area (Å²) in [6.45, 7) is 4.35. The van der Waals surface area contributed by atoms with Gasteiger partial charge in [0.05, 0.1) is 17.4 Å². The first-order valence-electron chi connectivity index (χ1n) is 9.15. The predicted molar refractivity (Wildman–Crippen MR) is 99.5 cm³/mol. The number of nitro groups is 1. The van der Waals surface area contributed by atoms with E-state index in [1.807, 2.05) is 6.92 Å². The summed E-state index contributed by atoms with van der Waals surface area (Å²) < 4.78 is 0. The molecule has 0 spiro atoms. The highest BCUT2D eigenvalue weighted by Gasteiger charge is 2.28. The number of hydroxylamine groups is 2. The van der Waals surface area contributed by atoms with Crippen LogP contribution in [0.4, 0.5) is 11.4 Å². The van der Waals surface area contributed by atoms with Crippen LogP contribution >= 0.6 is 0 Å². The van der Waals surface area contributed by atoms with E-state index in [0.29, 0.717) is 44.1 Å². The van der Waals surface area contributed by atoms with E-state index in [-0.39, 0.29) is 18.1 Å². The molecule has 2 amide bonds. The zero-order valence-corrected chi connectivity index (χ0v) is 15.5. The minimum Gasteiger partial charge on any atom is -0.368 e. The van der Waals surface area contributed by atoms with Gasteiger partial charge in [-0.05, 0) is 18.6 Å². The summed E-state index contributed by atoms with van der Waals surface area (Å²) in [6, 6.07) is 6.38. The van der Waals surface area contributed by atoms with Crippen LogP contribution in [0.25, 0.3) is 0 Å². The fourth-order valence-electron chi connectivity index (χ4n) is 3.24. The normalized spacial score (nSPS) is 15.3. The highest BCUT2D eigenvalue weighted by Crippen LogP contribution is 2.22. The zero-order chi connectivity index (χ0) is 19.8. The third kappa shape index (κ3) is 5.65. The van der Waals surface area contributed by atoms with Crippen molar-refractivity contribution in [3.8, 4) is 0 Å². The molecular formula is C18H26N4O5. The quantitative estimate of drug-likeness (QED) is 0.304. The van der Waals surface area contributed by atoms with Crippen molar-refractivity contribution in [1.29, 1.82) is 0 Å². The largest absolute Gasteiger partial charge is 0.368 e. The van der Waals surface area contributed by atoms with Crippen molar-refractivity contribution in [3.63, 3.8) is 0 Å². The molecule has 27 heavy (non-hydrogen) atoms. The maximum Gasteiger partial charge on any atom is 0.269 e. The van der Waals surface area contributed by atoms with Crippen LogP contribution in [0, 0.1) is 16.0 Å². The molecule has 1 aromatic carbocycles. The van der Waals surface area contributed by atoms with Gasteiger partial charge in [-0.15, -0.1) is 0 Å². The van der Waals surface area contributed by atoms with Gasteiger partial charge >= 0.3 is 0 Å². The number of hydrogen-bond donors (Lipinski definition) is 1. The minimum atomic E-state index is -0.430. The maximum absolute atomic E-state index is 12.8. The summed E-state index contributed by atoms with van der Waals surface area (Å²) in [7, 11) is 0. The van der Waals surface area contributed by atoms with E-state index in [9.17, 15) is 24.9 Å². The van der Waals surface area contributed by atoms with Crippen LogP contribution in [-0.2, 0) is 9.59 Å². The van der Waals surface area contributed by atoms with Crippen LogP contribution in [0.15, 0.2) is 24.3 Å². The van der Waals surface area contributed by atoms with Crippen molar-refractivity contribution in [2.75, 3.05) is 37.6 Å². The summed E-state index contributed by atoms with van der Waals surface area (Å²) in [5.74, 6) is -0.459. The van der Waals surface area contributed by atoms with E-state index in [0.717, 1.165) is 18.5 Å². The first-order valence-corrected chi connectivity index (χ1v) is 9.15. The number of unbranched alkanes of at least 4 members (excludes halogenated alkanes) is 1. The number of carbonyl (C=O) groups is 2. The Morgan fingerprint density at radius 1 is 1.30 bits per heavy atom. The maximum atomic E-state index is 12.8. The number of amides is 2. The Balaban J connectivity index is 1.94. The average molecular weight is 378 g/mol. The molecule has 9 nitrogen and oxygen atoms in total. The van der Waals surface area contributed by atoms with Gasteiger partial charge in [0, 0.05) is 44.0 Å². The second kappa shape index (κ2) is 9.86. The molecule has 0 unspecified atom stereocenters. The predicted octanol–water partition coefficient (Wildman–Crippen LogP) is 1.90. The number of non-ortho nitro benzene ring substituents is 1. The minimum absolute atomic E-state index is 0.00486. The van der Waals surface area contributed by atoms with Gasteiger partial charge in [-0.2, -0.15) is 0 Å². The molecule has 1 aromatic rings. The van der Waals surface area contributed by atoms with E-state index < -0.39 is 10.8 Å². The number of carbonyl (C=O) groups excluding carboxylic acids is 2. The fourth-order valence-corrected chi connectivity index (χ4v) is 3.24. The summed E-state index contributed by atoms with van der Waals surface area (Å²) in [5.41, 5.74) is 0.938. The lowest BCUT2D eigenvalue weighted by Gasteiger charge is -2.37. The molecule has 0 aromatic heterocycles. The van der Waals surface area contributed by atoms with E-state index in [1.165, 1.54) is 12.1 Å². The van der Waals surface area contributed by atoms with Crippen molar-refractivity contribution in [2.45, 2.75) is 26.2 Å². The zero-order valence-electron chi connectivity index (χ0n) is 15.5. The van der Waals surface area contributed by atoms with Gasteiger partial charge in [-0.25, -0.2) is 5.06 Å². The lowest BCUT2D eigenvalue weighted by Crippen LogP contribution is -2.51. The molecule has 1 fully saturated rings. The Labute approximate surface area is 158 Å². The highest BCUT2D eigenvalue weighted by atomic mass is 16.6. The topological polar surface area (TPSA) is 107 Å². The number of nitrogens with zero attached hydrogens (tertiary/aromatic N) is 4. The highest BCUT2D eigenvalue weighted by molar-refractivity contribution is 5.79. The van der Waals surface area contributed by atoms with Gasteiger partial charge in [-0.3, -0.25) is 24.9 Å². The smallest absolute Gasteiger partial charge is 0.269 e. The first-order chi connectivity index (χ1) is 13.0. The Bertz CT molecular complexity index is 644. The Hall–Kier alpha value is -2.68. The fraction of sp³-hybridized carbons (Fsp3) is 0.556. The standard InChI is InChI=1S/C18H26N4O5/c1-2-3-4-15(13-21(25)14-23)18(24)20-11-9-19(10-12-20)16-5-7-17(8-6-16)22(26)27/h5-8,14-15,25H,2-4,9-13H2,1H3/t15-/m1/s1. The van der Waals surface area contributed by atoms with Crippen LogP contribution in [0.5, 0.6) is 0 Å². The Kier molecular flexibility index (Phi) is 7.54. The van der Waals surface area contributed by atoms with Crippen molar-refractivity contribution in [1.82, 2.24) is 9.96 Å². The number of rotatable bonds is 9. The molecular weight excluding hydrogens is 352 g/mol. The first kappa shape index (κ1) is 20.6. The van der Waals surface area contributed by atoms with E-state index in [1.54, 1.807) is 17.0 Å². The van der Waals surface area contributed by atoms with E-state index in [2.05, 4.69) is 4.90 Å². The second-order valence-electron chi connectivity index (χ2n) is 6.65. The molecule has 148 valence electrons. The van der Waals surface area contributed by atoms with Gasteiger partial charge in [0.15, 0.2) is 0 Å². The lowest BCUT2D eigenvalue weighted by atomic mass is 10.00. The third-order valence-corrected chi connectivity index (χ3v) is 4.80. The number of anilines is 1. The monoisotopic (exact) mass is 378 g/mol. The average Bonchev–Trinajstić information content (AvgIpc) is 2.70. The van der Waals surface area contributed by atoms with Gasteiger partial charge in [0.2, 0.25) is 12.3 Å². The number of hydrogen-bond acceptors (Lipinski definition) is 6. The van der Waals surface area contributed by atoms with E-state index >= 15 is 0 Å². The van der Waals surface area contributed by atoms with Gasteiger partial charge in [0.25, 0.3) is 5.69 Å². The summed E-state index contributed by atoms with van der Waals surface area (Å²) >= 11 is 0. The van der Waals surface area contributed by atoms with Crippen molar-refractivity contribution in [2.24, 2.45) is 5.92 Å². The molecule has 0 saturated carbocycles. The van der Waals surface area contributed by atoms with Crippen molar-refractivity contribution in [3.05, 3.63) is 34.4 Å². The SMILES string of the molecule is CCCC[C@H](CN(O)C=O)C(=O)N1CCN(c2ccc([N+](=O)[O-])cc2)CC1. The Morgan fingerprint density at radius 2 is 1.93 bits per heavy atom. The summed E-state index contributed by atoms with van der Waals surface area (Å²) in [6.07, 6.45) is 2.73. The van der Waals surface area contributed by atoms with Gasteiger partial charge in [0.1, 0.15) is 0 Å². The van der Waals surface area contributed by atoms with Crippen LogP contribution < -0.4 is 4.90 Å². The molecule has 0 bridgehead atoms. The molecule has 1 saturated heterocycles. The molecule has 1 aliphatic rings. The van der Waals surface area contributed by atoms with Crippen LogP contribution in [0.2, 0.25) is 0 Å². The van der Waals surface area contributed by atoms with Crippen molar-refractivity contribution < 1.29 is 19.7 Å². The van der Waals surface area contributed by atoms with Crippen LogP contribution in [0.3, 0.4) is 0 Å². The molecule has 0 radical (unpaired) electrons. The molecule has 2 rings (SSSR count). The number of piperazine rings is 1. The van der Waals surface area contributed by atoms with Crippen LogP contribution in [0.1, 0.15) is 26.2 Å².